The van der Waals surface area contributed by atoms with Gasteiger partial charge in [0.1, 0.15) is 3.57 Å². The largest absolute Gasteiger partial charge is 0.574 e. The molecule has 0 unspecified atom stereocenters. The molecule has 6 nitrogen and oxygen atoms in total. The van der Waals surface area contributed by atoms with E-state index in [1.165, 1.54) is 29.7 Å². The molecule has 0 aliphatic heterocycles. The number of nitrogens with zero attached hydrogens (tertiary/aromatic N) is 2. The summed E-state index contributed by atoms with van der Waals surface area (Å²) in [5, 5.41) is 10.7. The maximum absolute atomic E-state index is 12.0. The van der Waals surface area contributed by atoms with Crippen molar-refractivity contribution >= 4 is 28.3 Å². The number of hydrogen-bond donors (Lipinski definition) is 0. The summed E-state index contributed by atoms with van der Waals surface area (Å²) in [7, 11) is 1.22. The summed E-state index contributed by atoms with van der Waals surface area (Å²) < 4.78 is 44.0. The van der Waals surface area contributed by atoms with Crippen LogP contribution in [-0.4, -0.2) is 23.4 Å². The van der Waals surface area contributed by atoms with E-state index in [0.717, 1.165) is 6.20 Å². The van der Waals surface area contributed by atoms with Gasteiger partial charge >= 0.3 is 17.9 Å². The molecule has 1 aromatic heterocycles. The monoisotopic (exact) mass is 364 g/mol. The summed E-state index contributed by atoms with van der Waals surface area (Å²) in [5.74, 6) is -1.13. The molecule has 0 saturated carbocycles. The Balaban J connectivity index is 3.32. The molecule has 94 valence electrons. The molecule has 0 spiro atoms. The molecule has 17 heavy (non-hydrogen) atoms. The van der Waals surface area contributed by atoms with Gasteiger partial charge in [0.25, 0.3) is 0 Å². The number of rotatable bonds is 3. The number of hydrogen-bond acceptors (Lipinski definition) is 5. The maximum Gasteiger partial charge on any atom is 0.574 e. The Morgan fingerprint density at radius 1 is 1.53 bits per heavy atom. The van der Waals surface area contributed by atoms with Gasteiger partial charge in [-0.15, -0.1) is 13.2 Å². The normalized spacial score (nSPS) is 11.1. The van der Waals surface area contributed by atoms with Crippen molar-refractivity contribution in [2.45, 2.75) is 6.36 Å². The molecule has 1 aromatic rings. The van der Waals surface area contributed by atoms with Gasteiger partial charge in [-0.1, -0.05) is 0 Å². The Morgan fingerprint density at radius 2 is 2.12 bits per heavy atom. The van der Waals surface area contributed by atoms with Gasteiger partial charge < -0.3 is 9.47 Å². The van der Waals surface area contributed by atoms with Gasteiger partial charge in [-0.3, -0.25) is 10.1 Å². The van der Waals surface area contributed by atoms with E-state index in [1.807, 2.05) is 0 Å². The van der Waals surface area contributed by atoms with Gasteiger partial charge in [0.05, 0.1) is 18.2 Å². The molecular weight excluding hydrogens is 360 g/mol. The Bertz CT molecular complexity index is 451. The molecule has 0 saturated heterocycles. The third kappa shape index (κ3) is 3.31. The fourth-order valence-corrected chi connectivity index (χ4v) is 1.72. The molecule has 0 aliphatic carbocycles. The molecule has 0 atom stereocenters. The van der Waals surface area contributed by atoms with Crippen molar-refractivity contribution in [1.29, 1.82) is 0 Å². The maximum atomic E-state index is 12.0. The number of pyridine rings is 1. The van der Waals surface area contributed by atoms with Crippen LogP contribution in [0.15, 0.2) is 6.20 Å². The fraction of sp³-hybridized carbons (Fsp3) is 0.286. The first-order chi connectivity index (χ1) is 7.76. The van der Waals surface area contributed by atoms with E-state index in [0.29, 0.717) is 0 Å². The van der Waals surface area contributed by atoms with Crippen LogP contribution in [0.1, 0.15) is 0 Å². The van der Waals surface area contributed by atoms with Gasteiger partial charge in [0.15, 0.2) is 5.75 Å². The van der Waals surface area contributed by atoms with Gasteiger partial charge in [-0.05, 0) is 22.6 Å². The number of aromatic nitrogens is 1. The quantitative estimate of drug-likeness (QED) is 0.468. The van der Waals surface area contributed by atoms with E-state index in [9.17, 15) is 23.3 Å². The van der Waals surface area contributed by atoms with Crippen LogP contribution in [0.3, 0.4) is 0 Å². The van der Waals surface area contributed by atoms with Gasteiger partial charge in [-0.2, -0.15) is 0 Å². The zero-order chi connectivity index (χ0) is 13.2. The van der Waals surface area contributed by atoms with Crippen LogP contribution >= 0.6 is 22.6 Å². The lowest BCUT2D eigenvalue weighted by atomic mass is 10.4. The lowest BCUT2D eigenvalue weighted by Gasteiger charge is -2.10. The van der Waals surface area contributed by atoms with Gasteiger partial charge in [0, 0.05) is 0 Å². The highest BCUT2D eigenvalue weighted by molar-refractivity contribution is 14.1. The van der Waals surface area contributed by atoms with E-state index in [1.54, 1.807) is 0 Å². The van der Waals surface area contributed by atoms with Crippen molar-refractivity contribution in [2.24, 2.45) is 0 Å². The number of halogens is 4. The van der Waals surface area contributed by atoms with E-state index in [4.69, 9.17) is 4.74 Å². The van der Waals surface area contributed by atoms with Crippen molar-refractivity contribution in [2.75, 3.05) is 7.11 Å². The van der Waals surface area contributed by atoms with Crippen molar-refractivity contribution in [3.05, 3.63) is 19.9 Å². The van der Waals surface area contributed by atoms with Crippen molar-refractivity contribution in [3.8, 4) is 11.6 Å². The molecule has 0 N–H and O–H groups in total. The first kappa shape index (κ1) is 13.7. The SMILES string of the molecule is COc1cnc(OC(F)(F)F)c([N+](=O)[O-])c1I. The Labute approximate surface area is 106 Å². The van der Waals surface area contributed by atoms with E-state index in [2.05, 4.69) is 9.72 Å². The molecule has 10 heteroatoms. The lowest BCUT2D eigenvalue weighted by molar-refractivity contribution is -0.390. The molecule has 0 radical (unpaired) electrons. The molecule has 0 bridgehead atoms. The van der Waals surface area contributed by atoms with Crippen LogP contribution < -0.4 is 9.47 Å². The number of ether oxygens (including phenoxy) is 2. The predicted molar refractivity (Wildman–Crippen MR) is 56.8 cm³/mol. The smallest absolute Gasteiger partial charge is 0.494 e. The summed E-state index contributed by atoms with van der Waals surface area (Å²) in [6.07, 6.45) is -4.13. The minimum absolute atomic E-state index is 0.00757. The second-order valence-corrected chi connectivity index (χ2v) is 3.68. The second-order valence-electron chi connectivity index (χ2n) is 2.60. The van der Waals surface area contributed by atoms with Crippen LogP contribution in [0.5, 0.6) is 11.6 Å². The van der Waals surface area contributed by atoms with E-state index >= 15 is 0 Å². The van der Waals surface area contributed by atoms with E-state index in [-0.39, 0.29) is 9.32 Å². The molecule has 1 heterocycles. The highest BCUT2D eigenvalue weighted by Crippen LogP contribution is 2.37. The summed E-state index contributed by atoms with van der Waals surface area (Å²) >= 11 is 1.48. The molecule has 0 amide bonds. The molecule has 0 aliphatic rings. The average molecular weight is 364 g/mol. The van der Waals surface area contributed by atoms with Crippen LogP contribution in [0, 0.1) is 13.7 Å². The average Bonchev–Trinajstić information content (AvgIpc) is 2.14. The van der Waals surface area contributed by atoms with E-state index < -0.39 is 22.9 Å². The standard InChI is InChI=1S/C7H4F3IN2O4/c1-16-3-2-12-6(17-7(8,9)10)5(4(3)11)13(14)15/h2H,1H3. The zero-order valence-electron chi connectivity index (χ0n) is 8.12. The fourth-order valence-electron chi connectivity index (χ4n) is 0.931. The van der Waals surface area contributed by atoms with Crippen LogP contribution in [-0.2, 0) is 0 Å². The highest BCUT2D eigenvalue weighted by Gasteiger charge is 2.37. The summed E-state index contributed by atoms with van der Waals surface area (Å²) in [4.78, 5) is 12.8. The highest BCUT2D eigenvalue weighted by atomic mass is 127. The second kappa shape index (κ2) is 4.89. The Kier molecular flexibility index (Phi) is 3.95. The molecule has 0 aromatic carbocycles. The predicted octanol–water partition coefficient (Wildman–Crippen LogP) is 2.50. The van der Waals surface area contributed by atoms with Gasteiger partial charge in [-0.25, -0.2) is 4.98 Å². The summed E-state index contributed by atoms with van der Waals surface area (Å²) in [6.45, 7) is 0. The minimum atomic E-state index is -5.05. The van der Waals surface area contributed by atoms with Gasteiger partial charge in [0.2, 0.25) is 0 Å². The van der Waals surface area contributed by atoms with Crippen molar-refractivity contribution in [3.63, 3.8) is 0 Å². The topological polar surface area (TPSA) is 74.5 Å². The summed E-state index contributed by atoms with van der Waals surface area (Å²) in [6, 6.07) is 0. The first-order valence-corrected chi connectivity index (χ1v) is 4.96. The molecular formula is C7H4F3IN2O4. The molecule has 1 rings (SSSR count). The number of alkyl halides is 3. The third-order valence-corrected chi connectivity index (χ3v) is 2.58. The molecule has 0 fully saturated rings. The summed E-state index contributed by atoms with van der Waals surface area (Å²) in [5.41, 5.74) is -0.887. The Hall–Kier alpha value is -1.33. The Morgan fingerprint density at radius 3 is 2.53 bits per heavy atom. The number of methoxy groups -OCH3 is 1. The van der Waals surface area contributed by atoms with Crippen molar-refractivity contribution in [1.82, 2.24) is 4.98 Å². The zero-order valence-corrected chi connectivity index (χ0v) is 10.3. The van der Waals surface area contributed by atoms with Crippen molar-refractivity contribution < 1.29 is 27.6 Å². The van der Waals surface area contributed by atoms with Crippen LogP contribution in [0.4, 0.5) is 18.9 Å². The van der Waals surface area contributed by atoms with Crippen LogP contribution in [0.2, 0.25) is 0 Å². The third-order valence-electron chi connectivity index (χ3n) is 1.54. The first-order valence-electron chi connectivity index (χ1n) is 3.89. The minimum Gasteiger partial charge on any atom is -0.494 e. The lowest BCUT2D eigenvalue weighted by Crippen LogP contribution is -2.19. The van der Waals surface area contributed by atoms with Crippen LogP contribution in [0.25, 0.3) is 0 Å². The number of nitro groups is 1.